The predicted octanol–water partition coefficient (Wildman–Crippen LogP) is 1.82. The van der Waals surface area contributed by atoms with Crippen LogP contribution in [0.5, 0.6) is 0 Å². The number of rotatable bonds is 5. The van der Waals surface area contributed by atoms with E-state index in [4.69, 9.17) is 0 Å². The number of carbonyl (C=O) groups is 1. The number of aromatic nitrogens is 2. The van der Waals surface area contributed by atoms with Gasteiger partial charge in [-0.3, -0.25) is 0 Å². The second-order valence-electron chi connectivity index (χ2n) is 4.57. The quantitative estimate of drug-likeness (QED) is 0.861. The number of pyridine rings is 1. The summed E-state index contributed by atoms with van der Waals surface area (Å²) in [6.45, 7) is 3.37. The number of fused-ring (bicyclic) bond motifs is 1. The number of nitrogens with one attached hydrogen (secondary N) is 2. The van der Waals surface area contributed by atoms with Gasteiger partial charge in [-0.1, -0.05) is 6.92 Å². The highest BCUT2D eigenvalue weighted by atomic mass is 16.2. The molecule has 2 heterocycles. The van der Waals surface area contributed by atoms with Crippen molar-refractivity contribution in [1.29, 1.82) is 0 Å². The van der Waals surface area contributed by atoms with Crippen LogP contribution in [0.1, 0.15) is 18.9 Å². The van der Waals surface area contributed by atoms with Crippen LogP contribution in [-0.2, 0) is 13.5 Å². The Morgan fingerprint density at radius 3 is 2.95 bits per heavy atom. The Morgan fingerprint density at radius 2 is 2.16 bits per heavy atom. The van der Waals surface area contributed by atoms with Crippen LogP contribution in [0.25, 0.3) is 11.0 Å². The fourth-order valence-electron chi connectivity index (χ4n) is 2.10. The summed E-state index contributed by atoms with van der Waals surface area (Å²) in [6.07, 6.45) is 5.62. The summed E-state index contributed by atoms with van der Waals surface area (Å²) in [7, 11) is 1.99. The first-order chi connectivity index (χ1) is 9.22. The lowest BCUT2D eigenvalue weighted by Gasteiger charge is -2.05. The van der Waals surface area contributed by atoms with E-state index in [0.29, 0.717) is 13.1 Å². The average molecular weight is 260 g/mol. The number of amides is 2. The molecule has 0 bridgehead atoms. The van der Waals surface area contributed by atoms with Gasteiger partial charge >= 0.3 is 6.03 Å². The average Bonchev–Trinajstić information content (AvgIpc) is 2.74. The molecule has 0 atom stereocenters. The maximum absolute atomic E-state index is 11.4. The smallest absolute Gasteiger partial charge is 0.314 e. The highest BCUT2D eigenvalue weighted by molar-refractivity contribution is 5.80. The maximum Gasteiger partial charge on any atom is 0.314 e. The van der Waals surface area contributed by atoms with Crippen LogP contribution >= 0.6 is 0 Å². The third kappa shape index (κ3) is 3.24. The summed E-state index contributed by atoms with van der Waals surface area (Å²) in [6, 6.07) is 3.90. The van der Waals surface area contributed by atoms with E-state index in [9.17, 15) is 4.79 Å². The van der Waals surface area contributed by atoms with E-state index in [1.54, 1.807) is 6.20 Å². The van der Waals surface area contributed by atoms with Crippen LogP contribution < -0.4 is 10.6 Å². The molecule has 2 rings (SSSR count). The van der Waals surface area contributed by atoms with Crippen molar-refractivity contribution in [2.45, 2.75) is 19.8 Å². The SMILES string of the molecule is CCCNC(=O)NCCc1cn(C)c2ncccc12. The predicted molar refractivity (Wildman–Crippen MR) is 76.1 cm³/mol. The molecule has 102 valence electrons. The molecule has 0 radical (unpaired) electrons. The van der Waals surface area contributed by atoms with Crippen LogP contribution in [0.4, 0.5) is 4.79 Å². The van der Waals surface area contributed by atoms with Gasteiger partial charge in [0.15, 0.2) is 0 Å². The number of carbonyl (C=O) groups excluding carboxylic acids is 1. The molecule has 0 unspecified atom stereocenters. The minimum Gasteiger partial charge on any atom is -0.338 e. The van der Waals surface area contributed by atoms with Gasteiger partial charge in [-0.2, -0.15) is 0 Å². The Kier molecular flexibility index (Phi) is 4.39. The minimum atomic E-state index is -0.0970. The molecule has 2 amide bonds. The molecule has 0 aromatic carbocycles. The zero-order chi connectivity index (χ0) is 13.7. The molecule has 5 nitrogen and oxygen atoms in total. The van der Waals surface area contributed by atoms with Gasteiger partial charge in [0.25, 0.3) is 0 Å². The van der Waals surface area contributed by atoms with E-state index in [1.165, 1.54) is 5.56 Å². The van der Waals surface area contributed by atoms with Crippen molar-refractivity contribution in [3.8, 4) is 0 Å². The summed E-state index contributed by atoms with van der Waals surface area (Å²) >= 11 is 0. The van der Waals surface area contributed by atoms with Crippen molar-refractivity contribution in [3.63, 3.8) is 0 Å². The van der Waals surface area contributed by atoms with Gasteiger partial charge in [0.2, 0.25) is 0 Å². The molecule has 0 aliphatic carbocycles. The standard InChI is InChI=1S/C14H20N4O/c1-3-7-16-14(19)17-9-6-11-10-18(2)13-12(11)5-4-8-15-13/h4-5,8,10H,3,6-7,9H2,1-2H3,(H2,16,17,19). The molecular formula is C14H20N4O. The third-order valence-electron chi connectivity index (χ3n) is 3.03. The molecule has 0 saturated heterocycles. The van der Waals surface area contributed by atoms with Crippen molar-refractivity contribution in [2.24, 2.45) is 7.05 Å². The summed E-state index contributed by atoms with van der Waals surface area (Å²) in [5.41, 5.74) is 2.19. The molecule has 5 heteroatoms. The van der Waals surface area contributed by atoms with Crippen LogP contribution in [0.2, 0.25) is 0 Å². The number of hydrogen-bond acceptors (Lipinski definition) is 2. The highest BCUT2D eigenvalue weighted by Gasteiger charge is 2.07. The van der Waals surface area contributed by atoms with Crippen LogP contribution in [0.15, 0.2) is 24.5 Å². The Morgan fingerprint density at radius 1 is 1.37 bits per heavy atom. The van der Waals surface area contributed by atoms with Crippen molar-refractivity contribution in [3.05, 3.63) is 30.1 Å². The van der Waals surface area contributed by atoms with Crippen LogP contribution in [0, 0.1) is 0 Å². The van der Waals surface area contributed by atoms with Crippen LogP contribution in [-0.4, -0.2) is 28.7 Å². The first-order valence-electron chi connectivity index (χ1n) is 6.63. The van der Waals surface area contributed by atoms with Crippen molar-refractivity contribution >= 4 is 17.1 Å². The van der Waals surface area contributed by atoms with Crippen molar-refractivity contribution in [1.82, 2.24) is 20.2 Å². The lowest BCUT2D eigenvalue weighted by molar-refractivity contribution is 0.241. The molecule has 0 aliphatic rings. The molecule has 0 saturated carbocycles. The van der Waals surface area contributed by atoms with Gasteiger partial charge in [0, 0.05) is 37.9 Å². The fourth-order valence-corrected chi connectivity index (χ4v) is 2.10. The van der Waals surface area contributed by atoms with E-state index in [1.807, 2.05) is 24.6 Å². The van der Waals surface area contributed by atoms with E-state index in [2.05, 4.69) is 27.9 Å². The number of hydrogen-bond donors (Lipinski definition) is 2. The van der Waals surface area contributed by atoms with Gasteiger partial charge < -0.3 is 15.2 Å². The molecule has 19 heavy (non-hydrogen) atoms. The molecule has 2 aromatic rings. The number of aryl methyl sites for hydroxylation is 1. The zero-order valence-corrected chi connectivity index (χ0v) is 11.4. The highest BCUT2D eigenvalue weighted by Crippen LogP contribution is 2.18. The molecular weight excluding hydrogens is 240 g/mol. The summed E-state index contributed by atoms with van der Waals surface area (Å²) in [5.74, 6) is 0. The summed E-state index contributed by atoms with van der Waals surface area (Å²) in [4.78, 5) is 15.8. The summed E-state index contributed by atoms with van der Waals surface area (Å²) in [5, 5.41) is 6.81. The lowest BCUT2D eigenvalue weighted by atomic mass is 10.1. The Labute approximate surface area is 113 Å². The van der Waals surface area contributed by atoms with Gasteiger partial charge in [0.1, 0.15) is 5.65 Å². The van der Waals surface area contributed by atoms with E-state index < -0.39 is 0 Å². The number of nitrogens with zero attached hydrogens (tertiary/aromatic N) is 2. The minimum absolute atomic E-state index is 0.0970. The Bertz CT molecular complexity index is 562. The van der Waals surface area contributed by atoms with Gasteiger partial charge in [-0.25, -0.2) is 9.78 Å². The first-order valence-corrected chi connectivity index (χ1v) is 6.63. The Hall–Kier alpha value is -2.04. The maximum atomic E-state index is 11.4. The zero-order valence-electron chi connectivity index (χ0n) is 11.4. The first kappa shape index (κ1) is 13.4. The molecule has 0 aliphatic heterocycles. The third-order valence-corrected chi connectivity index (χ3v) is 3.03. The molecule has 2 aromatic heterocycles. The van der Waals surface area contributed by atoms with Crippen LogP contribution in [0.3, 0.4) is 0 Å². The van der Waals surface area contributed by atoms with Gasteiger partial charge in [-0.15, -0.1) is 0 Å². The Balaban J connectivity index is 1.93. The largest absolute Gasteiger partial charge is 0.338 e. The number of urea groups is 1. The second kappa shape index (κ2) is 6.22. The van der Waals surface area contributed by atoms with Gasteiger partial charge in [0.05, 0.1) is 0 Å². The molecule has 2 N–H and O–H groups in total. The van der Waals surface area contributed by atoms with Crippen molar-refractivity contribution in [2.75, 3.05) is 13.1 Å². The topological polar surface area (TPSA) is 59.0 Å². The lowest BCUT2D eigenvalue weighted by Crippen LogP contribution is -2.36. The normalized spacial score (nSPS) is 10.6. The molecule has 0 spiro atoms. The van der Waals surface area contributed by atoms with E-state index in [0.717, 1.165) is 23.9 Å². The second-order valence-corrected chi connectivity index (χ2v) is 4.57. The monoisotopic (exact) mass is 260 g/mol. The van der Waals surface area contributed by atoms with E-state index in [-0.39, 0.29) is 6.03 Å². The van der Waals surface area contributed by atoms with Gasteiger partial charge in [-0.05, 0) is 30.5 Å². The van der Waals surface area contributed by atoms with Crippen molar-refractivity contribution < 1.29 is 4.79 Å². The van der Waals surface area contributed by atoms with E-state index >= 15 is 0 Å². The summed E-state index contributed by atoms with van der Waals surface area (Å²) < 4.78 is 2.02. The fraction of sp³-hybridized carbons (Fsp3) is 0.429. The molecule has 0 fully saturated rings.